The number of halogens is 3. The summed E-state index contributed by atoms with van der Waals surface area (Å²) in [6.45, 7) is 0.703. The van der Waals surface area contributed by atoms with Gasteiger partial charge in [-0.1, -0.05) is 43.6 Å². The van der Waals surface area contributed by atoms with Crippen LogP contribution < -0.4 is 19.8 Å². The predicted octanol–water partition coefficient (Wildman–Crippen LogP) is 5.30. The summed E-state index contributed by atoms with van der Waals surface area (Å²) >= 11 is 6.36. The highest BCUT2D eigenvalue weighted by atomic mass is 35.5. The van der Waals surface area contributed by atoms with Gasteiger partial charge < -0.3 is 14.3 Å². The van der Waals surface area contributed by atoms with E-state index in [4.69, 9.17) is 21.2 Å². The number of rotatable bonds is 10. The summed E-state index contributed by atoms with van der Waals surface area (Å²) in [5, 5.41) is 4.26. The van der Waals surface area contributed by atoms with Crippen molar-refractivity contribution in [1.82, 2.24) is 15.3 Å². The summed E-state index contributed by atoms with van der Waals surface area (Å²) in [4.78, 5) is 17.3. The lowest BCUT2D eigenvalue weighted by atomic mass is 9.98. The number of carbonyl (C=O) groups is 1. The van der Waals surface area contributed by atoms with E-state index in [-0.39, 0.29) is 35.5 Å². The van der Waals surface area contributed by atoms with Gasteiger partial charge in [-0.25, -0.2) is 4.68 Å². The van der Waals surface area contributed by atoms with E-state index < -0.39 is 6.61 Å². The summed E-state index contributed by atoms with van der Waals surface area (Å²) in [5.74, 6) is 0.519. The number of alkyl halides is 2. The standard InChI is InChI=1S/C23H24ClF2N3O4/c1-4-14-12-18(33-28-19(30)5-2)15(13-31-16-9-7-6-8-10-16)11-17(14)21-20(24)22(29(3)27-21)32-23(25)26/h6-12,23H,4-5,13H2,1-3H3,(H,28,30). The first kappa shape index (κ1) is 24.3. The lowest BCUT2D eigenvalue weighted by Crippen LogP contribution is -2.26. The molecule has 1 N–H and O–H groups in total. The zero-order valence-electron chi connectivity index (χ0n) is 18.4. The number of hydrogen-bond donors (Lipinski definition) is 1. The summed E-state index contributed by atoms with van der Waals surface area (Å²) in [7, 11) is 1.47. The second-order valence-electron chi connectivity index (χ2n) is 7.02. The molecule has 3 rings (SSSR count). The molecule has 2 aromatic carbocycles. The molecule has 0 fully saturated rings. The van der Waals surface area contributed by atoms with Crippen molar-refractivity contribution in [1.29, 1.82) is 0 Å². The Hall–Kier alpha value is -3.33. The highest BCUT2D eigenvalue weighted by Gasteiger charge is 2.23. The SMILES string of the molecule is CCC(=O)NOc1cc(CC)c(-c2nn(C)c(OC(F)F)c2Cl)cc1COc1ccccc1. The summed E-state index contributed by atoms with van der Waals surface area (Å²) < 4.78 is 37.2. The molecule has 0 bridgehead atoms. The van der Waals surface area contributed by atoms with Gasteiger partial charge in [0.1, 0.15) is 23.1 Å². The van der Waals surface area contributed by atoms with Crippen molar-refractivity contribution >= 4 is 17.5 Å². The highest BCUT2D eigenvalue weighted by molar-refractivity contribution is 6.34. The number of carbonyl (C=O) groups excluding carboxylic acids is 1. The molecular formula is C23H24ClF2N3O4. The molecular weight excluding hydrogens is 456 g/mol. The van der Waals surface area contributed by atoms with Crippen LogP contribution in [0.25, 0.3) is 11.3 Å². The van der Waals surface area contributed by atoms with Gasteiger partial charge >= 0.3 is 6.61 Å². The second kappa shape index (κ2) is 11.0. The van der Waals surface area contributed by atoms with Crippen molar-refractivity contribution in [3.8, 4) is 28.6 Å². The Balaban J connectivity index is 2.04. The summed E-state index contributed by atoms with van der Waals surface area (Å²) in [6, 6.07) is 12.7. The topological polar surface area (TPSA) is 74.6 Å². The predicted molar refractivity (Wildman–Crippen MR) is 119 cm³/mol. The molecule has 0 radical (unpaired) electrons. The fourth-order valence-electron chi connectivity index (χ4n) is 3.12. The Morgan fingerprint density at radius 3 is 2.55 bits per heavy atom. The molecule has 10 heteroatoms. The van der Waals surface area contributed by atoms with Crippen molar-refractivity contribution in [2.24, 2.45) is 7.05 Å². The number of benzene rings is 2. The van der Waals surface area contributed by atoms with Gasteiger partial charge in [-0.05, 0) is 36.2 Å². The third-order valence-electron chi connectivity index (χ3n) is 4.80. The molecule has 0 atom stereocenters. The third-order valence-corrected chi connectivity index (χ3v) is 5.14. The van der Waals surface area contributed by atoms with E-state index >= 15 is 0 Å². The fraction of sp³-hybridized carbons (Fsp3) is 0.304. The van der Waals surface area contributed by atoms with Gasteiger partial charge in [-0.2, -0.15) is 19.4 Å². The van der Waals surface area contributed by atoms with Crippen molar-refractivity contribution < 1.29 is 27.9 Å². The van der Waals surface area contributed by atoms with Crippen LogP contribution in [0.5, 0.6) is 17.4 Å². The Morgan fingerprint density at radius 1 is 1.18 bits per heavy atom. The highest BCUT2D eigenvalue weighted by Crippen LogP contribution is 2.39. The number of aryl methyl sites for hydroxylation is 2. The number of amides is 1. The number of ether oxygens (including phenoxy) is 2. The maximum absolute atomic E-state index is 12.8. The number of nitrogens with zero attached hydrogens (tertiary/aromatic N) is 2. The molecule has 1 amide bonds. The minimum absolute atomic E-state index is 0.0321. The molecule has 0 aliphatic heterocycles. The van der Waals surface area contributed by atoms with Gasteiger partial charge in [-0.15, -0.1) is 0 Å². The monoisotopic (exact) mass is 479 g/mol. The third kappa shape index (κ3) is 5.92. The summed E-state index contributed by atoms with van der Waals surface area (Å²) in [6.07, 6.45) is 0.816. The molecule has 33 heavy (non-hydrogen) atoms. The first-order valence-electron chi connectivity index (χ1n) is 10.3. The molecule has 0 spiro atoms. The van der Waals surface area contributed by atoms with E-state index in [1.54, 1.807) is 19.1 Å². The van der Waals surface area contributed by atoms with E-state index in [1.165, 1.54) is 7.05 Å². The molecule has 7 nitrogen and oxygen atoms in total. The van der Waals surface area contributed by atoms with Gasteiger partial charge in [-0.3, -0.25) is 4.79 Å². The maximum atomic E-state index is 12.8. The molecule has 0 aliphatic rings. The van der Waals surface area contributed by atoms with E-state index in [9.17, 15) is 13.6 Å². The Morgan fingerprint density at radius 2 is 1.91 bits per heavy atom. The van der Waals surface area contributed by atoms with Crippen LogP contribution in [0, 0.1) is 0 Å². The van der Waals surface area contributed by atoms with Crippen molar-refractivity contribution in [2.45, 2.75) is 39.9 Å². The van der Waals surface area contributed by atoms with Crippen molar-refractivity contribution in [2.75, 3.05) is 0 Å². The first-order chi connectivity index (χ1) is 15.8. The number of para-hydroxylation sites is 1. The lowest BCUT2D eigenvalue weighted by Gasteiger charge is -2.16. The van der Waals surface area contributed by atoms with Gasteiger partial charge in [0.05, 0.1) is 0 Å². The molecule has 1 aromatic heterocycles. The van der Waals surface area contributed by atoms with E-state index in [2.05, 4.69) is 15.3 Å². The molecule has 0 saturated heterocycles. The Bertz CT molecular complexity index is 1110. The van der Waals surface area contributed by atoms with Gasteiger partial charge in [0.25, 0.3) is 5.91 Å². The Kier molecular flexibility index (Phi) is 8.11. The maximum Gasteiger partial charge on any atom is 0.388 e. The van der Waals surface area contributed by atoms with Crippen LogP contribution in [0.4, 0.5) is 8.78 Å². The largest absolute Gasteiger partial charge is 0.489 e. The Labute approximate surface area is 195 Å². The minimum atomic E-state index is -3.04. The van der Waals surface area contributed by atoms with Crippen LogP contribution >= 0.6 is 11.6 Å². The molecule has 3 aromatic rings. The molecule has 0 unspecified atom stereocenters. The molecule has 0 aliphatic carbocycles. The van der Waals surface area contributed by atoms with E-state index in [1.807, 2.05) is 37.3 Å². The van der Waals surface area contributed by atoms with E-state index in [0.29, 0.717) is 29.0 Å². The normalized spacial score (nSPS) is 10.9. The van der Waals surface area contributed by atoms with Crippen molar-refractivity contribution in [3.05, 3.63) is 58.6 Å². The average molecular weight is 480 g/mol. The number of aromatic nitrogens is 2. The molecule has 176 valence electrons. The summed E-state index contributed by atoms with van der Waals surface area (Å²) in [5.41, 5.74) is 4.68. The van der Waals surface area contributed by atoms with Crippen LogP contribution in [-0.2, 0) is 24.9 Å². The van der Waals surface area contributed by atoms with Crippen LogP contribution in [0.1, 0.15) is 31.4 Å². The lowest BCUT2D eigenvalue weighted by molar-refractivity contribution is -0.127. The van der Waals surface area contributed by atoms with Crippen LogP contribution in [0.3, 0.4) is 0 Å². The van der Waals surface area contributed by atoms with Crippen molar-refractivity contribution in [3.63, 3.8) is 0 Å². The average Bonchev–Trinajstić information content (AvgIpc) is 3.09. The van der Waals surface area contributed by atoms with Gasteiger partial charge in [0.2, 0.25) is 5.88 Å². The van der Waals surface area contributed by atoms with Gasteiger partial charge in [0.15, 0.2) is 5.75 Å². The van der Waals surface area contributed by atoms with Crippen LogP contribution in [-0.4, -0.2) is 22.3 Å². The smallest absolute Gasteiger partial charge is 0.388 e. The first-order valence-corrected chi connectivity index (χ1v) is 10.7. The van der Waals surface area contributed by atoms with E-state index in [0.717, 1.165) is 10.2 Å². The zero-order valence-corrected chi connectivity index (χ0v) is 19.2. The van der Waals surface area contributed by atoms with Crippen LogP contribution in [0.2, 0.25) is 5.02 Å². The fourth-order valence-corrected chi connectivity index (χ4v) is 3.42. The molecule has 0 saturated carbocycles. The number of hydrogen-bond acceptors (Lipinski definition) is 5. The molecule has 1 heterocycles. The van der Waals surface area contributed by atoms with Crippen LogP contribution in [0.15, 0.2) is 42.5 Å². The minimum Gasteiger partial charge on any atom is -0.489 e. The zero-order chi connectivity index (χ0) is 24.0. The second-order valence-corrected chi connectivity index (χ2v) is 7.40. The number of hydroxylamine groups is 1. The van der Waals surface area contributed by atoms with Gasteiger partial charge in [0, 0.05) is 24.6 Å². The quantitative estimate of drug-likeness (QED) is 0.399. The number of nitrogens with one attached hydrogen (secondary N) is 1.